The molecule has 2 atom stereocenters. The van der Waals surface area contributed by atoms with Crippen LogP contribution in [0.2, 0.25) is 5.02 Å². The van der Waals surface area contributed by atoms with Crippen LogP contribution < -0.4 is 16.3 Å². The highest BCUT2D eigenvalue weighted by atomic mass is 35.5. The van der Waals surface area contributed by atoms with Gasteiger partial charge in [0.15, 0.2) is 0 Å². The molecule has 3 N–H and O–H groups in total. The highest BCUT2D eigenvalue weighted by Crippen LogP contribution is 2.16. The van der Waals surface area contributed by atoms with Gasteiger partial charge in [0.1, 0.15) is 11.9 Å². The van der Waals surface area contributed by atoms with Crippen LogP contribution in [0.4, 0.5) is 4.39 Å². The zero-order valence-electron chi connectivity index (χ0n) is 10.3. The number of hydrogen-bond donors (Lipinski definition) is 3. The van der Waals surface area contributed by atoms with Crippen molar-refractivity contribution in [3.05, 3.63) is 34.6 Å². The van der Waals surface area contributed by atoms with Crippen LogP contribution in [0.3, 0.4) is 0 Å². The molecule has 1 aliphatic heterocycles. The summed E-state index contributed by atoms with van der Waals surface area (Å²) in [7, 11) is 0. The van der Waals surface area contributed by atoms with Gasteiger partial charge in [-0.25, -0.2) is 15.2 Å². The van der Waals surface area contributed by atoms with Gasteiger partial charge in [0, 0.05) is 11.6 Å². The molecule has 0 bridgehead atoms. The average Bonchev–Trinajstić information content (AvgIpc) is 2.79. The quantitative estimate of drug-likeness (QED) is 0.577. The predicted octanol–water partition coefficient (Wildman–Crippen LogP) is 1.18. The Bertz CT molecular complexity index is 488. The van der Waals surface area contributed by atoms with Crippen LogP contribution in [0.15, 0.2) is 23.3 Å². The third-order valence-corrected chi connectivity index (χ3v) is 3.11. The fourth-order valence-corrected chi connectivity index (χ4v) is 1.97. The van der Waals surface area contributed by atoms with Crippen LogP contribution in [0.25, 0.3) is 0 Å². The largest absolute Gasteiger partial charge is 0.271 e. The van der Waals surface area contributed by atoms with Crippen LogP contribution in [-0.2, 0) is 4.79 Å². The molecule has 1 amide bonds. The number of hydrogen-bond acceptors (Lipinski definition) is 4. The van der Waals surface area contributed by atoms with Crippen molar-refractivity contribution in [2.45, 2.75) is 25.4 Å². The third kappa shape index (κ3) is 3.50. The molecule has 1 aromatic carbocycles. The molecule has 1 aromatic rings. The molecule has 0 aromatic heterocycles. The van der Waals surface area contributed by atoms with Crippen LogP contribution in [-0.4, -0.2) is 24.2 Å². The molecule has 5 nitrogen and oxygen atoms in total. The lowest BCUT2D eigenvalue weighted by atomic mass is 10.1. The number of carbonyl (C=O) groups excluding carboxylic acids is 1. The van der Waals surface area contributed by atoms with Gasteiger partial charge in [0.2, 0.25) is 0 Å². The van der Waals surface area contributed by atoms with Crippen molar-refractivity contribution >= 4 is 23.7 Å². The molecule has 0 aliphatic carbocycles. The van der Waals surface area contributed by atoms with Crippen molar-refractivity contribution in [3.63, 3.8) is 0 Å². The molecule has 7 heteroatoms. The topological polar surface area (TPSA) is 65.5 Å². The Morgan fingerprint density at radius 2 is 2.37 bits per heavy atom. The van der Waals surface area contributed by atoms with Gasteiger partial charge in [0.05, 0.1) is 11.2 Å². The van der Waals surface area contributed by atoms with Gasteiger partial charge in [-0.15, -0.1) is 0 Å². The van der Waals surface area contributed by atoms with Crippen LogP contribution >= 0.6 is 11.6 Å². The van der Waals surface area contributed by atoms with Gasteiger partial charge < -0.3 is 0 Å². The maximum Gasteiger partial charge on any atom is 0.258 e. The highest BCUT2D eigenvalue weighted by molar-refractivity contribution is 6.33. The monoisotopic (exact) mass is 284 g/mol. The molecular weight excluding hydrogens is 271 g/mol. The normalized spacial score (nSPS) is 22.9. The third-order valence-electron chi connectivity index (χ3n) is 2.78. The zero-order valence-corrected chi connectivity index (χ0v) is 11.0. The summed E-state index contributed by atoms with van der Waals surface area (Å²) in [6.45, 7) is 1.96. The van der Waals surface area contributed by atoms with Crippen molar-refractivity contribution in [3.8, 4) is 0 Å². The summed E-state index contributed by atoms with van der Waals surface area (Å²) in [6, 6.07) is 4.21. The number of nitrogens with one attached hydrogen (secondary N) is 3. The minimum atomic E-state index is -0.486. The van der Waals surface area contributed by atoms with Gasteiger partial charge in [-0.05, 0) is 25.5 Å². The Balaban J connectivity index is 1.95. The van der Waals surface area contributed by atoms with E-state index in [-0.39, 0.29) is 28.6 Å². The first-order valence-corrected chi connectivity index (χ1v) is 6.23. The average molecular weight is 285 g/mol. The summed E-state index contributed by atoms with van der Waals surface area (Å²) in [4.78, 5) is 11.7. The van der Waals surface area contributed by atoms with E-state index in [1.54, 1.807) is 6.07 Å². The van der Waals surface area contributed by atoms with E-state index >= 15 is 0 Å². The van der Waals surface area contributed by atoms with E-state index in [1.165, 1.54) is 18.3 Å². The minimum Gasteiger partial charge on any atom is -0.271 e. The summed E-state index contributed by atoms with van der Waals surface area (Å²) >= 11 is 5.82. The zero-order chi connectivity index (χ0) is 13.8. The van der Waals surface area contributed by atoms with Crippen LogP contribution in [0, 0.1) is 5.82 Å². The molecule has 1 heterocycles. The molecule has 0 spiro atoms. The van der Waals surface area contributed by atoms with Gasteiger partial charge >= 0.3 is 0 Å². The van der Waals surface area contributed by atoms with Crippen molar-refractivity contribution in [2.24, 2.45) is 5.10 Å². The van der Waals surface area contributed by atoms with Crippen molar-refractivity contribution < 1.29 is 9.18 Å². The SMILES string of the molecule is CC1CC(C(=O)N/N=C/c2c(F)cccc2Cl)NN1. The van der Waals surface area contributed by atoms with E-state index in [9.17, 15) is 9.18 Å². The molecule has 0 saturated carbocycles. The summed E-state index contributed by atoms with van der Waals surface area (Å²) < 4.78 is 13.4. The molecule has 1 fully saturated rings. The van der Waals surface area contributed by atoms with Crippen molar-refractivity contribution in [1.82, 2.24) is 16.3 Å². The number of hydrazine groups is 1. The number of carbonyl (C=O) groups is 1. The van der Waals surface area contributed by atoms with Gasteiger partial charge in [-0.1, -0.05) is 17.7 Å². The number of amides is 1. The maximum atomic E-state index is 13.4. The van der Waals surface area contributed by atoms with E-state index in [2.05, 4.69) is 21.4 Å². The van der Waals surface area contributed by atoms with Crippen LogP contribution in [0.5, 0.6) is 0 Å². The maximum absolute atomic E-state index is 13.4. The second kappa shape index (κ2) is 6.10. The molecule has 0 radical (unpaired) electrons. The molecular formula is C12H14ClFN4O. The number of nitrogens with zero attached hydrogens (tertiary/aromatic N) is 1. The fourth-order valence-electron chi connectivity index (χ4n) is 1.76. The molecule has 1 saturated heterocycles. The highest BCUT2D eigenvalue weighted by Gasteiger charge is 2.26. The summed E-state index contributed by atoms with van der Waals surface area (Å²) in [6.07, 6.45) is 1.86. The Morgan fingerprint density at radius 1 is 1.58 bits per heavy atom. The van der Waals surface area contributed by atoms with Gasteiger partial charge in [0.25, 0.3) is 5.91 Å². The summed E-state index contributed by atoms with van der Waals surface area (Å²) in [5.74, 6) is -0.764. The molecule has 102 valence electrons. The summed E-state index contributed by atoms with van der Waals surface area (Å²) in [5, 5.41) is 3.96. The molecule has 2 unspecified atom stereocenters. The first-order valence-electron chi connectivity index (χ1n) is 5.86. The molecule has 1 aliphatic rings. The Labute approximate surface area is 115 Å². The molecule has 19 heavy (non-hydrogen) atoms. The van der Waals surface area contributed by atoms with Gasteiger partial charge in [-0.2, -0.15) is 5.10 Å². The second-order valence-electron chi connectivity index (χ2n) is 4.35. The smallest absolute Gasteiger partial charge is 0.258 e. The molecule has 2 rings (SSSR count). The van der Waals surface area contributed by atoms with E-state index in [4.69, 9.17) is 11.6 Å². The lowest BCUT2D eigenvalue weighted by Crippen LogP contribution is -2.41. The predicted molar refractivity (Wildman–Crippen MR) is 71.3 cm³/mol. The lowest BCUT2D eigenvalue weighted by molar-refractivity contribution is -0.122. The fraction of sp³-hybridized carbons (Fsp3) is 0.333. The number of hydrazone groups is 1. The standard InChI is InChI=1S/C12H14ClFN4O/c1-7-5-11(17-16-7)12(19)18-15-6-8-9(13)3-2-4-10(8)14/h2-4,6-7,11,16-17H,5H2,1H3,(H,18,19)/b15-6+. The van der Waals surface area contributed by atoms with E-state index < -0.39 is 5.82 Å². The Kier molecular flexibility index (Phi) is 4.47. The van der Waals surface area contributed by atoms with E-state index in [1.807, 2.05) is 6.92 Å². The number of halogens is 2. The van der Waals surface area contributed by atoms with Gasteiger partial charge in [-0.3, -0.25) is 10.2 Å². The van der Waals surface area contributed by atoms with Crippen molar-refractivity contribution in [2.75, 3.05) is 0 Å². The summed E-state index contributed by atoms with van der Waals surface area (Å²) in [5.41, 5.74) is 8.27. The Morgan fingerprint density at radius 3 is 3.00 bits per heavy atom. The first kappa shape index (κ1) is 13.9. The number of benzene rings is 1. The van der Waals surface area contributed by atoms with Crippen molar-refractivity contribution in [1.29, 1.82) is 0 Å². The first-order chi connectivity index (χ1) is 9.08. The second-order valence-corrected chi connectivity index (χ2v) is 4.75. The van der Waals surface area contributed by atoms with E-state index in [0.717, 1.165) is 0 Å². The number of rotatable bonds is 3. The lowest BCUT2D eigenvalue weighted by Gasteiger charge is -2.06. The van der Waals surface area contributed by atoms with Crippen LogP contribution in [0.1, 0.15) is 18.9 Å². The Hall–Kier alpha value is -1.50. The van der Waals surface area contributed by atoms with E-state index in [0.29, 0.717) is 6.42 Å². The minimum absolute atomic E-state index is 0.148.